The molecule has 0 spiro atoms. The van der Waals surface area contributed by atoms with E-state index in [1.165, 1.54) is 11.8 Å². The molecule has 0 fully saturated rings. The van der Waals surface area contributed by atoms with Crippen LogP contribution in [-0.2, 0) is 14.3 Å². The van der Waals surface area contributed by atoms with Crippen LogP contribution in [0.2, 0.25) is 10.0 Å². The summed E-state index contributed by atoms with van der Waals surface area (Å²) in [5, 5.41) is 3.73. The number of ether oxygens (including phenoxy) is 1. The van der Waals surface area contributed by atoms with Crippen LogP contribution in [0.15, 0.2) is 53.4 Å². The maximum atomic E-state index is 11.9. The van der Waals surface area contributed by atoms with Gasteiger partial charge in [0.2, 0.25) is 0 Å². The highest BCUT2D eigenvalue weighted by Gasteiger charge is 2.14. The lowest BCUT2D eigenvalue weighted by molar-refractivity contribution is -0.146. The molecule has 0 unspecified atom stereocenters. The van der Waals surface area contributed by atoms with Gasteiger partial charge in [-0.3, -0.25) is 9.59 Å². The summed E-state index contributed by atoms with van der Waals surface area (Å²) in [6.45, 7) is 1.46. The Labute approximate surface area is 160 Å². The van der Waals surface area contributed by atoms with E-state index in [-0.39, 0.29) is 18.4 Å². The zero-order valence-electron chi connectivity index (χ0n) is 13.5. The van der Waals surface area contributed by atoms with Crippen LogP contribution in [0.1, 0.15) is 18.5 Å². The highest BCUT2D eigenvalue weighted by molar-refractivity contribution is 8.00. The fourth-order valence-corrected chi connectivity index (χ4v) is 3.35. The minimum absolute atomic E-state index is 0.149. The Morgan fingerprint density at radius 1 is 1.16 bits per heavy atom. The van der Waals surface area contributed by atoms with Gasteiger partial charge in [-0.15, -0.1) is 11.8 Å². The summed E-state index contributed by atoms with van der Waals surface area (Å²) in [7, 11) is 0. The first-order valence-electron chi connectivity index (χ1n) is 7.53. The molecule has 0 radical (unpaired) electrons. The number of rotatable bonds is 7. The Hall–Kier alpha value is -1.69. The lowest BCUT2D eigenvalue weighted by Gasteiger charge is -2.16. The second-order valence-corrected chi connectivity index (χ2v) is 7.11. The molecule has 132 valence electrons. The highest BCUT2D eigenvalue weighted by atomic mass is 35.5. The maximum Gasteiger partial charge on any atom is 0.316 e. The lowest BCUT2D eigenvalue weighted by atomic mass is 10.1. The van der Waals surface area contributed by atoms with Gasteiger partial charge in [0.1, 0.15) is 0 Å². The Kier molecular flexibility index (Phi) is 7.62. The van der Waals surface area contributed by atoms with Crippen molar-refractivity contribution < 1.29 is 14.3 Å². The third kappa shape index (κ3) is 6.61. The molecule has 25 heavy (non-hydrogen) atoms. The molecule has 2 aromatic rings. The minimum Gasteiger partial charge on any atom is -0.455 e. The smallest absolute Gasteiger partial charge is 0.316 e. The van der Waals surface area contributed by atoms with Gasteiger partial charge in [0.15, 0.2) is 6.61 Å². The average molecular weight is 398 g/mol. The maximum absolute atomic E-state index is 11.9. The summed E-state index contributed by atoms with van der Waals surface area (Å²) >= 11 is 13.3. The van der Waals surface area contributed by atoms with Crippen molar-refractivity contribution in [1.82, 2.24) is 5.32 Å². The number of hydrogen-bond donors (Lipinski definition) is 1. The Morgan fingerprint density at radius 2 is 1.88 bits per heavy atom. The van der Waals surface area contributed by atoms with E-state index >= 15 is 0 Å². The molecule has 2 rings (SSSR count). The SMILES string of the molecule is C[C@H](NC(=O)COC(=O)CSc1ccccc1)c1ccc(Cl)cc1Cl. The molecule has 0 bridgehead atoms. The molecule has 1 N–H and O–H groups in total. The molecule has 1 amide bonds. The third-order valence-electron chi connectivity index (χ3n) is 3.27. The van der Waals surface area contributed by atoms with E-state index in [1.54, 1.807) is 25.1 Å². The first kappa shape index (κ1) is 19.6. The van der Waals surface area contributed by atoms with Gasteiger partial charge in [0, 0.05) is 14.9 Å². The molecule has 0 aliphatic carbocycles. The number of benzene rings is 2. The molecule has 4 nitrogen and oxygen atoms in total. The minimum atomic E-state index is -0.443. The van der Waals surface area contributed by atoms with Gasteiger partial charge in [-0.1, -0.05) is 47.5 Å². The van der Waals surface area contributed by atoms with Crippen LogP contribution >= 0.6 is 35.0 Å². The summed E-state index contributed by atoms with van der Waals surface area (Å²) in [5.74, 6) is -0.687. The van der Waals surface area contributed by atoms with E-state index in [0.717, 1.165) is 10.5 Å². The van der Waals surface area contributed by atoms with Crippen molar-refractivity contribution in [3.05, 3.63) is 64.1 Å². The molecule has 0 saturated heterocycles. The van der Waals surface area contributed by atoms with Gasteiger partial charge in [-0.25, -0.2) is 0 Å². The van der Waals surface area contributed by atoms with Crippen molar-refractivity contribution in [1.29, 1.82) is 0 Å². The van der Waals surface area contributed by atoms with Crippen LogP contribution in [0.3, 0.4) is 0 Å². The van der Waals surface area contributed by atoms with Gasteiger partial charge >= 0.3 is 5.97 Å². The molecular weight excluding hydrogens is 381 g/mol. The van der Waals surface area contributed by atoms with Gasteiger partial charge in [-0.05, 0) is 36.8 Å². The number of carbonyl (C=O) groups excluding carboxylic acids is 2. The van der Waals surface area contributed by atoms with E-state index in [9.17, 15) is 9.59 Å². The summed E-state index contributed by atoms with van der Waals surface area (Å²) in [6.07, 6.45) is 0. The predicted octanol–water partition coefficient (Wildman–Crippen LogP) is 4.51. The van der Waals surface area contributed by atoms with Crippen LogP contribution in [0.4, 0.5) is 0 Å². The van der Waals surface area contributed by atoms with E-state index in [0.29, 0.717) is 10.0 Å². The first-order valence-corrected chi connectivity index (χ1v) is 9.27. The van der Waals surface area contributed by atoms with Crippen molar-refractivity contribution in [2.45, 2.75) is 17.9 Å². The monoisotopic (exact) mass is 397 g/mol. The van der Waals surface area contributed by atoms with Crippen LogP contribution in [-0.4, -0.2) is 24.2 Å². The molecule has 0 aliphatic rings. The normalized spacial score (nSPS) is 11.6. The van der Waals surface area contributed by atoms with Crippen LogP contribution < -0.4 is 5.32 Å². The van der Waals surface area contributed by atoms with E-state index in [2.05, 4.69) is 5.32 Å². The standard InChI is InChI=1S/C18H17Cl2NO3S/c1-12(15-8-7-13(19)9-16(15)20)21-17(22)10-24-18(23)11-25-14-5-3-2-4-6-14/h2-9,12H,10-11H2,1H3,(H,21,22)/t12-/m0/s1. The molecule has 1 atom stereocenters. The Morgan fingerprint density at radius 3 is 2.56 bits per heavy atom. The summed E-state index contributed by atoms with van der Waals surface area (Å²) in [6, 6.07) is 14.2. The zero-order chi connectivity index (χ0) is 18.2. The fourth-order valence-electron chi connectivity index (χ4n) is 2.06. The van der Waals surface area contributed by atoms with Crippen molar-refractivity contribution in [2.24, 2.45) is 0 Å². The lowest BCUT2D eigenvalue weighted by Crippen LogP contribution is -2.31. The van der Waals surface area contributed by atoms with Crippen molar-refractivity contribution in [2.75, 3.05) is 12.4 Å². The topological polar surface area (TPSA) is 55.4 Å². The number of nitrogens with one attached hydrogen (secondary N) is 1. The van der Waals surface area contributed by atoms with Gasteiger partial charge < -0.3 is 10.1 Å². The average Bonchev–Trinajstić information content (AvgIpc) is 2.59. The van der Waals surface area contributed by atoms with E-state index < -0.39 is 11.9 Å². The fraction of sp³-hybridized carbons (Fsp3) is 0.222. The number of halogens is 2. The largest absolute Gasteiger partial charge is 0.455 e. The zero-order valence-corrected chi connectivity index (χ0v) is 15.8. The Bertz CT molecular complexity index is 740. The van der Waals surface area contributed by atoms with Crippen molar-refractivity contribution in [3.8, 4) is 0 Å². The molecular formula is C18H17Cl2NO3S. The number of carbonyl (C=O) groups is 2. The number of thioether (sulfide) groups is 1. The van der Waals surface area contributed by atoms with Gasteiger partial charge in [0.25, 0.3) is 5.91 Å². The van der Waals surface area contributed by atoms with Crippen LogP contribution in [0.25, 0.3) is 0 Å². The highest BCUT2D eigenvalue weighted by Crippen LogP contribution is 2.26. The molecule has 0 aromatic heterocycles. The van der Waals surface area contributed by atoms with Crippen molar-refractivity contribution in [3.63, 3.8) is 0 Å². The first-order chi connectivity index (χ1) is 12.0. The number of esters is 1. The van der Waals surface area contributed by atoms with E-state index in [1.807, 2.05) is 30.3 Å². The van der Waals surface area contributed by atoms with Crippen LogP contribution in [0.5, 0.6) is 0 Å². The molecule has 0 heterocycles. The third-order valence-corrected chi connectivity index (χ3v) is 4.82. The summed E-state index contributed by atoms with van der Waals surface area (Å²) in [5.41, 5.74) is 0.741. The number of hydrogen-bond acceptors (Lipinski definition) is 4. The van der Waals surface area contributed by atoms with Gasteiger partial charge in [0.05, 0.1) is 11.8 Å². The van der Waals surface area contributed by atoms with Gasteiger partial charge in [-0.2, -0.15) is 0 Å². The number of amides is 1. The molecule has 0 aliphatic heterocycles. The second kappa shape index (κ2) is 9.70. The molecule has 0 saturated carbocycles. The molecule has 7 heteroatoms. The predicted molar refractivity (Wildman–Crippen MR) is 101 cm³/mol. The summed E-state index contributed by atoms with van der Waals surface area (Å²) in [4.78, 5) is 24.6. The Balaban J connectivity index is 1.75. The molecule has 2 aromatic carbocycles. The van der Waals surface area contributed by atoms with Crippen molar-refractivity contribution >= 4 is 46.8 Å². The second-order valence-electron chi connectivity index (χ2n) is 5.22. The van der Waals surface area contributed by atoms with Crippen LogP contribution in [0, 0.1) is 0 Å². The quantitative estimate of drug-likeness (QED) is 0.551. The van der Waals surface area contributed by atoms with E-state index in [4.69, 9.17) is 27.9 Å². The summed E-state index contributed by atoms with van der Waals surface area (Å²) < 4.78 is 4.99.